The highest BCUT2D eigenvalue weighted by molar-refractivity contribution is 6.31. The van der Waals surface area contributed by atoms with Crippen LogP contribution in [0.2, 0.25) is 5.02 Å². The number of urea groups is 1. The molecular weight excluding hydrogens is 324 g/mol. The number of benzene rings is 2. The van der Waals surface area contributed by atoms with Crippen molar-refractivity contribution in [3.05, 3.63) is 58.6 Å². The molecule has 0 saturated carbocycles. The summed E-state index contributed by atoms with van der Waals surface area (Å²) < 4.78 is 5.20. The first kappa shape index (κ1) is 16.7. The SMILES string of the molecule is COc1ccc([C@H]2CCCN2C(=O)Nc2ccc(C)c(Cl)c2)cc1. The number of hydrogen-bond donors (Lipinski definition) is 1. The molecule has 1 fully saturated rings. The van der Waals surface area contributed by atoms with Crippen molar-refractivity contribution in [2.45, 2.75) is 25.8 Å². The summed E-state index contributed by atoms with van der Waals surface area (Å²) in [6.45, 7) is 2.69. The molecule has 0 aliphatic carbocycles. The first-order chi connectivity index (χ1) is 11.6. The zero-order valence-corrected chi connectivity index (χ0v) is 14.6. The second kappa shape index (κ2) is 7.14. The molecule has 0 unspecified atom stereocenters. The Balaban J connectivity index is 1.74. The van der Waals surface area contributed by atoms with E-state index in [1.165, 1.54) is 0 Å². The minimum absolute atomic E-state index is 0.0896. The van der Waals surface area contributed by atoms with Crippen molar-refractivity contribution < 1.29 is 9.53 Å². The van der Waals surface area contributed by atoms with Gasteiger partial charge in [0.2, 0.25) is 0 Å². The van der Waals surface area contributed by atoms with Crippen molar-refractivity contribution in [2.75, 3.05) is 19.0 Å². The molecule has 0 spiro atoms. The van der Waals surface area contributed by atoms with Crippen molar-refractivity contribution >= 4 is 23.3 Å². The number of amides is 2. The molecule has 24 heavy (non-hydrogen) atoms. The van der Waals surface area contributed by atoms with Gasteiger partial charge in [-0.25, -0.2) is 4.79 Å². The first-order valence-electron chi connectivity index (χ1n) is 8.06. The van der Waals surface area contributed by atoms with Gasteiger partial charge in [-0.05, 0) is 55.2 Å². The average molecular weight is 345 g/mol. The zero-order chi connectivity index (χ0) is 17.1. The maximum atomic E-state index is 12.7. The van der Waals surface area contributed by atoms with Crippen molar-refractivity contribution in [1.82, 2.24) is 4.90 Å². The van der Waals surface area contributed by atoms with E-state index in [0.29, 0.717) is 5.02 Å². The maximum absolute atomic E-state index is 12.7. The molecule has 5 heteroatoms. The molecule has 126 valence electrons. The molecule has 1 heterocycles. The van der Waals surface area contributed by atoms with E-state index in [1.807, 2.05) is 48.2 Å². The van der Waals surface area contributed by atoms with Crippen LogP contribution in [0.25, 0.3) is 0 Å². The van der Waals surface area contributed by atoms with Crippen LogP contribution in [0.4, 0.5) is 10.5 Å². The highest BCUT2D eigenvalue weighted by Gasteiger charge is 2.30. The molecule has 2 aromatic carbocycles. The number of carbonyl (C=O) groups excluding carboxylic acids is 1. The summed E-state index contributed by atoms with van der Waals surface area (Å²) >= 11 is 6.13. The van der Waals surface area contributed by atoms with Gasteiger partial charge in [0.25, 0.3) is 0 Å². The van der Waals surface area contributed by atoms with E-state index >= 15 is 0 Å². The van der Waals surface area contributed by atoms with Crippen molar-refractivity contribution in [3.8, 4) is 5.75 Å². The fourth-order valence-corrected chi connectivity index (χ4v) is 3.23. The van der Waals surface area contributed by atoms with Crippen LogP contribution < -0.4 is 10.1 Å². The predicted octanol–water partition coefficient (Wildman–Crippen LogP) is 5.03. The Hall–Kier alpha value is -2.20. The Kier molecular flexibility index (Phi) is 4.95. The van der Waals surface area contributed by atoms with Crippen molar-refractivity contribution in [1.29, 1.82) is 0 Å². The average Bonchev–Trinajstić information content (AvgIpc) is 3.08. The van der Waals surface area contributed by atoms with Crippen LogP contribution in [0.15, 0.2) is 42.5 Å². The number of anilines is 1. The first-order valence-corrected chi connectivity index (χ1v) is 8.44. The van der Waals surface area contributed by atoms with Crippen LogP contribution in [-0.2, 0) is 0 Å². The number of likely N-dealkylation sites (tertiary alicyclic amines) is 1. The third-order valence-electron chi connectivity index (χ3n) is 4.44. The number of nitrogens with one attached hydrogen (secondary N) is 1. The molecule has 1 atom stereocenters. The minimum Gasteiger partial charge on any atom is -0.497 e. The van der Waals surface area contributed by atoms with E-state index in [1.54, 1.807) is 13.2 Å². The van der Waals surface area contributed by atoms with Gasteiger partial charge in [0.15, 0.2) is 0 Å². The van der Waals surface area contributed by atoms with E-state index in [2.05, 4.69) is 5.32 Å². The maximum Gasteiger partial charge on any atom is 0.322 e. The number of hydrogen-bond acceptors (Lipinski definition) is 2. The molecule has 3 rings (SSSR count). The predicted molar refractivity (Wildman–Crippen MR) is 96.9 cm³/mol. The van der Waals surface area contributed by atoms with Crippen molar-refractivity contribution in [3.63, 3.8) is 0 Å². The minimum atomic E-state index is -0.0896. The van der Waals surface area contributed by atoms with E-state index in [0.717, 1.165) is 42.0 Å². The topological polar surface area (TPSA) is 41.6 Å². The Morgan fingerprint density at radius 2 is 2.00 bits per heavy atom. The highest BCUT2D eigenvalue weighted by Crippen LogP contribution is 2.33. The molecule has 0 bridgehead atoms. The summed E-state index contributed by atoms with van der Waals surface area (Å²) in [6, 6.07) is 13.5. The summed E-state index contributed by atoms with van der Waals surface area (Å²) in [4.78, 5) is 14.5. The number of rotatable bonds is 3. The summed E-state index contributed by atoms with van der Waals surface area (Å²) in [7, 11) is 1.65. The molecule has 0 aromatic heterocycles. The largest absolute Gasteiger partial charge is 0.497 e. The van der Waals surface area contributed by atoms with Gasteiger partial charge >= 0.3 is 6.03 Å². The molecule has 1 saturated heterocycles. The Morgan fingerprint density at radius 1 is 1.25 bits per heavy atom. The van der Waals surface area contributed by atoms with Crippen LogP contribution in [0.1, 0.15) is 30.0 Å². The van der Waals surface area contributed by atoms with Gasteiger partial charge in [-0.3, -0.25) is 0 Å². The third-order valence-corrected chi connectivity index (χ3v) is 4.84. The van der Waals surface area contributed by atoms with Gasteiger partial charge in [0.05, 0.1) is 13.2 Å². The second-order valence-electron chi connectivity index (χ2n) is 6.02. The third kappa shape index (κ3) is 3.49. The Labute approximate surface area is 147 Å². The Bertz CT molecular complexity index is 731. The van der Waals surface area contributed by atoms with Crippen LogP contribution in [0.3, 0.4) is 0 Å². The molecule has 1 N–H and O–H groups in total. The van der Waals surface area contributed by atoms with E-state index < -0.39 is 0 Å². The number of carbonyl (C=O) groups is 1. The second-order valence-corrected chi connectivity index (χ2v) is 6.43. The van der Waals surface area contributed by atoms with Crippen LogP contribution in [0, 0.1) is 6.92 Å². The lowest BCUT2D eigenvalue weighted by atomic mass is 10.0. The lowest BCUT2D eigenvalue weighted by Crippen LogP contribution is -2.34. The van der Waals surface area contributed by atoms with Crippen LogP contribution in [-0.4, -0.2) is 24.6 Å². The standard InChI is InChI=1S/C19H21ClN2O2/c1-13-5-8-15(12-17(13)20)21-19(23)22-11-3-4-18(22)14-6-9-16(24-2)10-7-14/h5-10,12,18H,3-4,11H2,1-2H3,(H,21,23)/t18-/m1/s1. The number of nitrogens with zero attached hydrogens (tertiary/aromatic N) is 1. The molecule has 2 aromatic rings. The van der Waals surface area contributed by atoms with Gasteiger partial charge in [-0.2, -0.15) is 0 Å². The highest BCUT2D eigenvalue weighted by atomic mass is 35.5. The van der Waals surface area contributed by atoms with Crippen molar-refractivity contribution in [2.24, 2.45) is 0 Å². The molecule has 1 aliphatic heterocycles. The van der Waals surface area contributed by atoms with Gasteiger partial charge < -0.3 is 15.0 Å². The molecule has 1 aliphatic rings. The number of ether oxygens (including phenoxy) is 1. The van der Waals surface area contributed by atoms with Gasteiger partial charge in [-0.15, -0.1) is 0 Å². The fraction of sp³-hybridized carbons (Fsp3) is 0.316. The number of aryl methyl sites for hydroxylation is 1. The molecule has 0 radical (unpaired) electrons. The number of methoxy groups -OCH3 is 1. The van der Waals surface area contributed by atoms with E-state index in [9.17, 15) is 4.79 Å². The monoisotopic (exact) mass is 344 g/mol. The van der Waals surface area contributed by atoms with Crippen LogP contribution >= 0.6 is 11.6 Å². The van der Waals surface area contributed by atoms with Gasteiger partial charge in [-0.1, -0.05) is 29.8 Å². The molecular formula is C19H21ClN2O2. The zero-order valence-electron chi connectivity index (χ0n) is 13.9. The lowest BCUT2D eigenvalue weighted by Gasteiger charge is -2.25. The summed E-state index contributed by atoms with van der Waals surface area (Å²) in [5.41, 5.74) is 2.84. The molecule has 4 nitrogen and oxygen atoms in total. The normalized spacial score (nSPS) is 17.0. The fourth-order valence-electron chi connectivity index (χ4n) is 3.05. The van der Waals surface area contributed by atoms with E-state index in [-0.39, 0.29) is 12.1 Å². The van der Waals surface area contributed by atoms with Gasteiger partial charge in [0, 0.05) is 17.3 Å². The summed E-state index contributed by atoms with van der Waals surface area (Å²) in [5, 5.41) is 3.61. The quantitative estimate of drug-likeness (QED) is 0.848. The summed E-state index contributed by atoms with van der Waals surface area (Å²) in [6.07, 6.45) is 1.97. The molecule has 2 amide bonds. The summed E-state index contributed by atoms with van der Waals surface area (Å²) in [5.74, 6) is 0.821. The Morgan fingerprint density at radius 3 is 2.67 bits per heavy atom. The van der Waals surface area contributed by atoms with E-state index in [4.69, 9.17) is 16.3 Å². The van der Waals surface area contributed by atoms with Gasteiger partial charge in [0.1, 0.15) is 5.75 Å². The number of halogens is 1. The van der Waals surface area contributed by atoms with Crippen LogP contribution in [0.5, 0.6) is 5.75 Å². The smallest absolute Gasteiger partial charge is 0.322 e. The lowest BCUT2D eigenvalue weighted by molar-refractivity contribution is 0.207.